The average Bonchev–Trinajstić information content (AvgIpc) is 1.53. The Morgan fingerprint density at radius 1 is 0.643 bits per heavy atom. The number of rotatable bonds is 20. The van der Waals surface area contributed by atoms with E-state index in [1.54, 1.807) is 66.9 Å². The number of imide groups is 2. The van der Waals surface area contributed by atoms with E-state index in [0.717, 1.165) is 38.5 Å². The van der Waals surface area contributed by atoms with Gasteiger partial charge in [0.05, 0.1) is 23.8 Å². The number of nitrogens with one attached hydrogen (secondary N) is 1. The van der Waals surface area contributed by atoms with Crippen LogP contribution in [0, 0.1) is 29.2 Å². The number of nitrogens with zero attached hydrogens (tertiary/aromatic N) is 3. The number of benzene rings is 8. The van der Waals surface area contributed by atoms with E-state index in [9.17, 15) is 41.8 Å². The predicted octanol–water partition coefficient (Wildman–Crippen LogP) is 18.9. The van der Waals surface area contributed by atoms with Crippen LogP contribution in [-0.2, 0) is 24.0 Å². The zero-order valence-corrected chi connectivity index (χ0v) is 72.3. The molecule has 0 aromatic heterocycles. The number of hydrogen-bond donors (Lipinski definition) is 3. The van der Waals surface area contributed by atoms with Crippen molar-refractivity contribution < 1.29 is 79.0 Å². The molecule has 2 aliphatic rings. The normalized spacial score (nSPS) is 15.0. The SMILES string of the molecule is CI.C[C@@H](CC[C@@H](C(=O)N1C(=O)OC[C@@H]1c1ccccc1)[C@H](Nc1ccc(F)cc1)c1ccc(O[Si](C)(C)C)cc1)c1ccc(F)cc1.I[I-]I.O=C(CCC[C@H](O)c1ccc(F)cc1)N1C(=O)OC[C@@H]1c1ccccc1.Oc1ccc(C=Nc2ccc(F)cc2)cc1.S.[I][V]([I])[I]. The van der Waals surface area contributed by atoms with Gasteiger partial charge in [-0.15, -0.1) is 0 Å². The Morgan fingerprint density at radius 2 is 1.07 bits per heavy atom. The first-order valence-corrected chi connectivity index (χ1v) is 61.8. The molecule has 6 atom stereocenters. The molecule has 2 heterocycles. The van der Waals surface area contributed by atoms with Crippen molar-refractivity contribution in [1.29, 1.82) is 0 Å². The first-order chi connectivity index (χ1) is 46.4. The third-order valence-corrected chi connectivity index (χ3v) is 15.6. The number of aliphatic hydroxyl groups is 1. The van der Waals surface area contributed by atoms with Crippen molar-refractivity contribution >= 4 is 183 Å². The molecule has 27 heteroatoms. The van der Waals surface area contributed by atoms with Gasteiger partial charge in [-0.25, -0.2) is 37.0 Å². The molecule has 0 aliphatic carbocycles. The predicted molar refractivity (Wildman–Crippen MR) is 433 cm³/mol. The number of amides is 4. The molecule has 0 radical (unpaired) electrons. The van der Waals surface area contributed by atoms with E-state index in [4.69, 9.17) is 19.0 Å². The van der Waals surface area contributed by atoms with Crippen molar-refractivity contribution in [2.75, 3.05) is 23.5 Å². The van der Waals surface area contributed by atoms with Crippen molar-refractivity contribution in [3.8, 4) is 11.5 Å². The molecular formula is C71H75F4I7N4O9SSiV-. The molecule has 8 aromatic rings. The van der Waals surface area contributed by atoms with Gasteiger partial charge in [0.1, 0.15) is 60.1 Å². The Hall–Kier alpha value is -3.35. The summed E-state index contributed by atoms with van der Waals surface area (Å²) in [6, 6.07) is 55.3. The van der Waals surface area contributed by atoms with Crippen LogP contribution in [0.2, 0.25) is 19.6 Å². The summed E-state index contributed by atoms with van der Waals surface area (Å²) in [5.74, 6) is -1.78. The van der Waals surface area contributed by atoms with Crippen molar-refractivity contribution in [3.63, 3.8) is 0 Å². The number of aliphatic hydroxyl groups excluding tert-OH is 1. The molecule has 526 valence electrons. The van der Waals surface area contributed by atoms with E-state index < -0.39 is 50.7 Å². The van der Waals surface area contributed by atoms with Gasteiger partial charge in [-0.05, 0) is 199 Å². The minimum absolute atomic E-state index is 0. The van der Waals surface area contributed by atoms with Crippen LogP contribution in [0.25, 0.3) is 0 Å². The fourth-order valence-corrected chi connectivity index (χ4v) is 10.9. The maximum absolute atomic E-state index is 14.7. The van der Waals surface area contributed by atoms with Crippen molar-refractivity contribution in [1.82, 2.24) is 9.80 Å². The zero-order valence-electron chi connectivity index (χ0n) is 53.8. The number of aliphatic imine (C=N–C) groups is 1. The summed E-state index contributed by atoms with van der Waals surface area (Å²) in [5.41, 5.74) is 6.20. The number of alkyl halides is 1. The standard InChI is InChI=1S/C37H40F2N2O4Si.C20H20FNO4.C13H10FNO.CH3I.I3.3HI.H2S.V/c1-25(26-11-15-29(38)16-12-26)10-23-33(36(42)41-34(24-44-37(41)43)27-8-6-5-7-9-27)35(40-31-19-17-30(39)18-20-31)28-13-21-32(22-14-28)45-46(2,3)4;21-16-11-9-15(10-12-16)18(23)7-4-8-19(24)22-17(13-26-20(22)25)14-5-2-1-3-6-14;14-11-3-5-12(6-4-11)15-9-10-1-7-13(16)8-2-10;1-2;1-3-2;;;;;/h5-9,11-22,25,33-35,40H,10,23-24H2,1-4H3;1-3,5-6,9-12,17-18,23H,4,7-8,13H2;1-9,16H;1H3;;3*1H;1H2;/q;;;;-1;;;;;+3/p-3/t25-,33+,34+,35+;17-,18+;;;;;;;;/m01......../s1. The van der Waals surface area contributed by atoms with Crippen molar-refractivity contribution in [2.24, 2.45) is 10.9 Å². The van der Waals surface area contributed by atoms with Gasteiger partial charge in [0.15, 0.2) is 0 Å². The molecule has 0 spiro atoms. The van der Waals surface area contributed by atoms with Crippen LogP contribution in [0.5, 0.6) is 11.5 Å². The van der Waals surface area contributed by atoms with Gasteiger partial charge >= 0.3 is 128 Å². The number of phenols is 1. The summed E-state index contributed by atoms with van der Waals surface area (Å²) >= 11 is 14.8. The van der Waals surface area contributed by atoms with Crippen LogP contribution >= 0.6 is 133 Å². The number of phenolic OH excluding ortho intramolecular Hbond substituents is 1. The molecule has 13 nitrogen and oxygen atoms in total. The summed E-state index contributed by atoms with van der Waals surface area (Å²) in [4.78, 5) is 60.6. The third kappa shape index (κ3) is 30.5. The van der Waals surface area contributed by atoms with E-state index in [1.165, 1.54) is 65.6 Å². The molecule has 98 heavy (non-hydrogen) atoms. The van der Waals surface area contributed by atoms with E-state index in [1.807, 2.05) is 96.8 Å². The Kier molecular flexibility index (Phi) is 41.2. The van der Waals surface area contributed by atoms with Gasteiger partial charge in [0.25, 0.3) is 0 Å². The molecule has 10 rings (SSSR count). The van der Waals surface area contributed by atoms with E-state index in [2.05, 4.69) is 150 Å². The molecule has 2 saturated heterocycles. The van der Waals surface area contributed by atoms with Crippen LogP contribution in [0.4, 0.5) is 38.5 Å². The van der Waals surface area contributed by atoms with E-state index in [-0.39, 0.29) is 84.8 Å². The Morgan fingerprint density at radius 3 is 1.55 bits per heavy atom. The summed E-state index contributed by atoms with van der Waals surface area (Å²) in [6.45, 7) is 8.56. The van der Waals surface area contributed by atoms with Crippen LogP contribution < -0.4 is 23.0 Å². The molecule has 3 N–H and O–H groups in total. The Bertz CT molecular complexity index is 3640. The quantitative estimate of drug-likeness (QED) is 0.0220. The summed E-state index contributed by atoms with van der Waals surface area (Å²) < 4.78 is 69.8. The first kappa shape index (κ1) is 87.1. The third-order valence-electron chi connectivity index (χ3n) is 14.7. The maximum atomic E-state index is 14.7. The van der Waals surface area contributed by atoms with Gasteiger partial charge in [0.2, 0.25) is 20.1 Å². The van der Waals surface area contributed by atoms with E-state index in [0.29, 0.717) is 55.9 Å². The summed E-state index contributed by atoms with van der Waals surface area (Å²) in [5, 5.41) is 22.7. The monoisotopic (exact) mass is 2200 g/mol. The summed E-state index contributed by atoms with van der Waals surface area (Å²) in [6.07, 6.45) is 1.41. The molecule has 0 bridgehead atoms. The number of halogens is 11. The molecule has 0 unspecified atom stereocenters. The molecule has 0 saturated carbocycles. The molecule has 4 amide bonds. The topological polar surface area (TPSA) is 167 Å². The van der Waals surface area contributed by atoms with Gasteiger partial charge in [0, 0.05) is 18.3 Å². The Labute approximate surface area is 660 Å². The first-order valence-electron chi connectivity index (χ1n) is 30.1. The second kappa shape index (κ2) is 46.4. The van der Waals surface area contributed by atoms with Crippen LogP contribution in [0.3, 0.4) is 0 Å². The van der Waals surface area contributed by atoms with E-state index >= 15 is 0 Å². The second-order valence-corrected chi connectivity index (χ2v) is 78.6. The van der Waals surface area contributed by atoms with Crippen LogP contribution in [0.15, 0.2) is 211 Å². The fraction of sp³-hybridized carbons (Fsp3) is 0.254. The van der Waals surface area contributed by atoms with Crippen molar-refractivity contribution in [2.45, 2.75) is 88.8 Å². The number of ether oxygens (including phenoxy) is 2. The van der Waals surface area contributed by atoms with Crippen molar-refractivity contribution in [3.05, 3.63) is 263 Å². The van der Waals surface area contributed by atoms with Gasteiger partial charge in [-0.2, -0.15) is 13.5 Å². The second-order valence-electron chi connectivity index (χ2n) is 22.6. The summed E-state index contributed by atoms with van der Waals surface area (Å²) in [7, 11) is -1.86. The molecular weight excluding hydrogens is 2130 g/mol. The van der Waals surface area contributed by atoms with Crippen LogP contribution in [-0.4, -0.2) is 76.7 Å². The van der Waals surface area contributed by atoms with Crippen LogP contribution in [0.1, 0.15) is 103 Å². The number of aromatic hydroxyl groups is 1. The molecule has 2 aliphatic heterocycles. The number of carbonyl (C=O) groups excluding carboxylic acids is 4. The molecule has 8 aromatic carbocycles. The Balaban J connectivity index is 0.000000327. The number of anilines is 1. The van der Waals surface area contributed by atoms with Gasteiger partial charge < -0.3 is 29.4 Å². The minimum atomic E-state index is -1.86. The number of hydrogen-bond acceptors (Lipinski definition) is 11. The average molecular weight is 2200 g/mol. The number of cyclic esters (lactones) is 2. The molecule has 2 fully saturated rings. The van der Waals surface area contributed by atoms with Gasteiger partial charge in [-0.3, -0.25) is 14.6 Å². The number of carbonyl (C=O) groups is 4. The zero-order chi connectivity index (χ0) is 71.0. The van der Waals surface area contributed by atoms with Gasteiger partial charge in [-0.1, -0.05) is 127 Å². The fourth-order valence-electron chi connectivity index (χ4n) is 10.1.